The van der Waals surface area contributed by atoms with E-state index in [4.69, 9.17) is 20.1 Å². The Labute approximate surface area is 157 Å². The first-order valence-corrected chi connectivity index (χ1v) is 7.92. The molecule has 0 spiro atoms. The normalized spacial score (nSPS) is 13.1. The van der Waals surface area contributed by atoms with Crippen LogP contribution >= 0.6 is 0 Å². The van der Waals surface area contributed by atoms with Gasteiger partial charge in [0.25, 0.3) is 0 Å². The fourth-order valence-electron chi connectivity index (χ4n) is 1.79. The fourth-order valence-corrected chi connectivity index (χ4v) is 1.79. The number of carboxylic acid groups (broad SMARTS) is 1. The van der Waals surface area contributed by atoms with E-state index >= 15 is 0 Å². The molecule has 0 bridgehead atoms. The summed E-state index contributed by atoms with van der Waals surface area (Å²) in [6.07, 6.45) is 2.61. The van der Waals surface area contributed by atoms with E-state index in [2.05, 4.69) is 0 Å². The van der Waals surface area contributed by atoms with E-state index in [9.17, 15) is 29.7 Å². The molecule has 0 rings (SSSR count). The zero-order valence-electron chi connectivity index (χ0n) is 15.3. The molecule has 1 atom stereocenters. The zero-order chi connectivity index (χ0) is 21.5. The molecule has 1 unspecified atom stereocenters. The van der Waals surface area contributed by atoms with E-state index in [-0.39, 0.29) is 12.8 Å². The Morgan fingerprint density at radius 2 is 1.48 bits per heavy atom. The van der Waals surface area contributed by atoms with Gasteiger partial charge in [-0.1, -0.05) is 0 Å². The molecule has 0 aromatic heterocycles. The predicted molar refractivity (Wildman–Crippen MR) is 93.8 cm³/mol. The molecule has 6 N–H and O–H groups in total. The monoisotopic (exact) mass is 392 g/mol. The number of hydrogen-bond donors (Lipinski definition) is 6. The highest BCUT2D eigenvalue weighted by atomic mass is 16.5. The molecule has 0 heterocycles. The smallest absolute Gasteiger partial charge is 0.334 e. The molecule has 0 aliphatic heterocycles. The van der Waals surface area contributed by atoms with E-state index in [1.165, 1.54) is 0 Å². The number of hydrogen-bond acceptors (Lipinski definition) is 9. The molecule has 156 valence electrons. The van der Waals surface area contributed by atoms with Crippen LogP contribution in [0, 0.1) is 10.8 Å². The first-order chi connectivity index (χ1) is 12.6. The molecular formula is C17H28O10. The van der Waals surface area contributed by atoms with Gasteiger partial charge in [0, 0.05) is 5.41 Å². The summed E-state index contributed by atoms with van der Waals surface area (Å²) in [5.74, 6) is -1.95. The molecule has 0 saturated heterocycles. The van der Waals surface area contributed by atoms with Crippen LogP contribution in [0.1, 0.15) is 26.7 Å². The molecule has 10 heteroatoms. The number of carboxylic acids is 1. The highest BCUT2D eigenvalue weighted by Crippen LogP contribution is 2.30. The van der Waals surface area contributed by atoms with Gasteiger partial charge in [-0.25, -0.2) is 9.59 Å². The molecule has 0 aromatic rings. The average molecular weight is 392 g/mol. The SMILES string of the molecule is CC(C)(C=O)C(CCC(CO)(CO)CO)OC(=O)C=CO.O=C(O)C=CO. The predicted octanol–water partition coefficient (Wildman–Crippen LogP) is 0.0812. The van der Waals surface area contributed by atoms with Gasteiger partial charge in [0.05, 0.1) is 49.9 Å². The summed E-state index contributed by atoms with van der Waals surface area (Å²) in [7, 11) is 0. The maximum Gasteiger partial charge on any atom is 0.334 e. The minimum atomic E-state index is -1.14. The number of aliphatic hydroxyl groups excluding tert-OH is 5. The first-order valence-electron chi connectivity index (χ1n) is 7.92. The topological polar surface area (TPSA) is 182 Å². The summed E-state index contributed by atoms with van der Waals surface area (Å²) in [4.78, 5) is 31.9. The lowest BCUT2D eigenvalue weighted by Crippen LogP contribution is -2.39. The summed E-state index contributed by atoms with van der Waals surface area (Å²) >= 11 is 0. The lowest BCUT2D eigenvalue weighted by Gasteiger charge is -2.33. The van der Waals surface area contributed by atoms with Crippen molar-refractivity contribution >= 4 is 18.2 Å². The first kappa shape index (κ1) is 26.8. The van der Waals surface area contributed by atoms with E-state index in [0.717, 1.165) is 6.08 Å². The van der Waals surface area contributed by atoms with Crippen molar-refractivity contribution in [3.05, 3.63) is 24.7 Å². The molecule has 27 heavy (non-hydrogen) atoms. The third-order valence-electron chi connectivity index (χ3n) is 3.76. The van der Waals surface area contributed by atoms with Crippen molar-refractivity contribution in [2.75, 3.05) is 19.8 Å². The van der Waals surface area contributed by atoms with Gasteiger partial charge in [-0.3, -0.25) is 0 Å². The van der Waals surface area contributed by atoms with Crippen LogP contribution in [0.5, 0.6) is 0 Å². The van der Waals surface area contributed by atoms with Crippen molar-refractivity contribution < 1.29 is 49.8 Å². The van der Waals surface area contributed by atoms with Crippen molar-refractivity contribution in [1.29, 1.82) is 0 Å². The van der Waals surface area contributed by atoms with Crippen molar-refractivity contribution in [3.8, 4) is 0 Å². The maximum absolute atomic E-state index is 11.4. The molecule has 0 saturated carbocycles. The summed E-state index contributed by atoms with van der Waals surface area (Å²) in [5.41, 5.74) is -2.08. The van der Waals surface area contributed by atoms with Gasteiger partial charge in [0.15, 0.2) is 0 Å². The Balaban J connectivity index is 0. The summed E-state index contributed by atoms with van der Waals surface area (Å²) < 4.78 is 5.11. The van der Waals surface area contributed by atoms with E-state index < -0.39 is 48.7 Å². The van der Waals surface area contributed by atoms with Crippen molar-refractivity contribution in [1.82, 2.24) is 0 Å². The van der Waals surface area contributed by atoms with Gasteiger partial charge in [-0.2, -0.15) is 0 Å². The average Bonchev–Trinajstić information content (AvgIpc) is 2.62. The van der Waals surface area contributed by atoms with Gasteiger partial charge in [0.1, 0.15) is 12.4 Å². The number of aldehydes is 1. The lowest BCUT2D eigenvalue weighted by atomic mass is 9.79. The quantitative estimate of drug-likeness (QED) is 0.122. The highest BCUT2D eigenvalue weighted by Gasteiger charge is 2.36. The standard InChI is InChI=1S/C14H24O7.C3H4O3/c1-13(2,7-16)11(21-12(20)4-6-15)3-5-14(8-17,9-18)10-19;4-2-1-3(5)6/h4,6-7,11,15,17-19H,3,5,8-10H2,1-2H3;1-2,4H,(H,5,6). The molecular weight excluding hydrogens is 364 g/mol. The Morgan fingerprint density at radius 3 is 1.78 bits per heavy atom. The molecule has 0 aromatic carbocycles. The van der Waals surface area contributed by atoms with Crippen molar-refractivity contribution in [2.24, 2.45) is 10.8 Å². The second-order valence-corrected chi connectivity index (χ2v) is 6.35. The second-order valence-electron chi connectivity index (χ2n) is 6.35. The van der Waals surface area contributed by atoms with Crippen LogP contribution in [-0.4, -0.2) is 74.8 Å². The van der Waals surface area contributed by atoms with Crippen molar-refractivity contribution in [3.63, 3.8) is 0 Å². The highest BCUT2D eigenvalue weighted by molar-refractivity contribution is 5.82. The fraction of sp³-hybridized carbons (Fsp3) is 0.588. The Hall–Kier alpha value is -2.43. The molecule has 0 amide bonds. The maximum atomic E-state index is 11.4. The molecule has 0 aliphatic rings. The van der Waals surface area contributed by atoms with Crippen LogP contribution in [0.15, 0.2) is 24.7 Å². The molecule has 10 nitrogen and oxygen atoms in total. The van der Waals surface area contributed by atoms with Crippen LogP contribution in [0.3, 0.4) is 0 Å². The third kappa shape index (κ3) is 11.0. The minimum absolute atomic E-state index is 0.161. The summed E-state index contributed by atoms with van der Waals surface area (Å²) in [5, 5.41) is 51.7. The number of aliphatic hydroxyl groups is 5. The number of rotatable bonds is 11. The van der Waals surface area contributed by atoms with Crippen LogP contribution in [-0.2, 0) is 19.1 Å². The number of aliphatic carboxylic acids is 1. The van der Waals surface area contributed by atoms with Crippen molar-refractivity contribution in [2.45, 2.75) is 32.8 Å². The largest absolute Gasteiger partial charge is 0.515 e. The van der Waals surface area contributed by atoms with Crippen LogP contribution in [0.2, 0.25) is 0 Å². The Kier molecular flexibility index (Phi) is 13.6. The van der Waals surface area contributed by atoms with Crippen LogP contribution in [0.25, 0.3) is 0 Å². The number of carbonyl (C=O) groups is 3. The second kappa shape index (κ2) is 13.7. The van der Waals surface area contributed by atoms with Gasteiger partial charge >= 0.3 is 11.9 Å². The molecule has 0 fully saturated rings. The Bertz CT molecular complexity index is 498. The van der Waals surface area contributed by atoms with Gasteiger partial charge in [-0.05, 0) is 26.7 Å². The van der Waals surface area contributed by atoms with Gasteiger partial charge < -0.3 is 40.2 Å². The minimum Gasteiger partial charge on any atom is -0.515 e. The number of carbonyl (C=O) groups excluding carboxylic acids is 2. The van der Waals surface area contributed by atoms with Gasteiger partial charge in [0.2, 0.25) is 0 Å². The number of esters is 1. The number of ether oxygens (including phenoxy) is 1. The van der Waals surface area contributed by atoms with Crippen LogP contribution in [0.4, 0.5) is 0 Å². The van der Waals surface area contributed by atoms with Gasteiger partial charge in [-0.15, -0.1) is 0 Å². The summed E-state index contributed by atoms with van der Waals surface area (Å²) in [6.45, 7) is 1.87. The Morgan fingerprint density at radius 1 is 1.00 bits per heavy atom. The third-order valence-corrected chi connectivity index (χ3v) is 3.76. The van der Waals surface area contributed by atoms with E-state index in [1.54, 1.807) is 13.8 Å². The van der Waals surface area contributed by atoms with E-state index in [0.29, 0.717) is 24.9 Å². The molecule has 0 radical (unpaired) electrons. The zero-order valence-corrected chi connectivity index (χ0v) is 15.3. The molecule has 0 aliphatic carbocycles. The van der Waals surface area contributed by atoms with E-state index in [1.807, 2.05) is 0 Å². The van der Waals surface area contributed by atoms with Crippen LogP contribution < -0.4 is 0 Å². The lowest BCUT2D eigenvalue weighted by molar-refractivity contribution is -0.152. The summed E-state index contributed by atoms with van der Waals surface area (Å²) in [6, 6.07) is 0.